The number of para-hydroxylation sites is 1. The van der Waals surface area contributed by atoms with Crippen LogP contribution in [0.3, 0.4) is 0 Å². The Labute approximate surface area is 144 Å². The van der Waals surface area contributed by atoms with Crippen LogP contribution in [0.2, 0.25) is 0 Å². The Kier molecular flexibility index (Phi) is 4.62. The van der Waals surface area contributed by atoms with E-state index in [1.165, 1.54) is 0 Å². The smallest absolute Gasteiger partial charge is 0.325 e. The van der Waals surface area contributed by atoms with Crippen LogP contribution < -0.4 is 5.32 Å². The number of hydrogen-bond donors (Lipinski definition) is 2. The van der Waals surface area contributed by atoms with E-state index in [-0.39, 0.29) is 18.2 Å². The maximum absolute atomic E-state index is 12.7. The quantitative estimate of drug-likeness (QED) is 0.622. The monoisotopic (exact) mass is 345 g/mol. The number of hydrogen-bond acceptors (Lipinski definition) is 4. The third-order valence-electron chi connectivity index (χ3n) is 4.19. The number of aromatic amines is 1. The number of aromatic nitrogens is 1. The number of ketones is 1. The number of benzene rings is 1. The zero-order chi connectivity index (χ0) is 17.3. The standard InChI is InChI=1S/C17H19N3O3S/c1-10-15(11-5-3-4-6-12(11)18-10)14(21)9-20-16(22)13(7-8-24-2)19-17(20)23/h3-6,13,18H,7-9H2,1-2H3,(H,19,23)/t13-/m1/s1. The van der Waals surface area contributed by atoms with E-state index < -0.39 is 12.1 Å². The highest BCUT2D eigenvalue weighted by molar-refractivity contribution is 7.98. The SMILES string of the molecule is CSCC[C@H]1NC(=O)N(CC(=O)c2c(C)[nH]c3ccccc23)C1=O. The number of carbonyl (C=O) groups is 3. The summed E-state index contributed by atoms with van der Waals surface area (Å²) in [5.41, 5.74) is 2.15. The fraction of sp³-hybridized carbons (Fsp3) is 0.353. The van der Waals surface area contributed by atoms with E-state index in [4.69, 9.17) is 0 Å². The number of imide groups is 1. The van der Waals surface area contributed by atoms with Crippen LogP contribution in [0.4, 0.5) is 4.79 Å². The summed E-state index contributed by atoms with van der Waals surface area (Å²) in [5, 5.41) is 3.47. The molecule has 3 amide bonds. The number of amides is 3. The molecular formula is C17H19N3O3S. The topological polar surface area (TPSA) is 82.3 Å². The molecule has 1 atom stereocenters. The number of fused-ring (bicyclic) bond motifs is 1. The van der Waals surface area contributed by atoms with Crippen LogP contribution in [-0.2, 0) is 4.79 Å². The Balaban J connectivity index is 1.80. The Bertz CT molecular complexity index is 815. The minimum absolute atomic E-state index is 0.233. The molecule has 0 saturated carbocycles. The molecular weight excluding hydrogens is 326 g/mol. The molecule has 6 nitrogen and oxygen atoms in total. The number of aryl methyl sites for hydroxylation is 1. The maximum atomic E-state index is 12.7. The van der Waals surface area contributed by atoms with Gasteiger partial charge in [-0.05, 0) is 31.4 Å². The summed E-state index contributed by atoms with van der Waals surface area (Å²) in [7, 11) is 0. The zero-order valence-corrected chi connectivity index (χ0v) is 14.4. The molecule has 1 aromatic heterocycles. The van der Waals surface area contributed by atoms with E-state index >= 15 is 0 Å². The van der Waals surface area contributed by atoms with Crippen molar-refractivity contribution >= 4 is 40.4 Å². The Morgan fingerprint density at radius 3 is 2.79 bits per heavy atom. The summed E-state index contributed by atoms with van der Waals surface area (Å²) in [6, 6.07) is 6.49. The second-order valence-electron chi connectivity index (χ2n) is 5.80. The average Bonchev–Trinajstić information content (AvgIpc) is 3.03. The van der Waals surface area contributed by atoms with Crippen molar-refractivity contribution in [3.63, 3.8) is 0 Å². The molecule has 0 bridgehead atoms. The van der Waals surface area contributed by atoms with Gasteiger partial charge in [-0.2, -0.15) is 11.8 Å². The first-order valence-corrected chi connectivity index (χ1v) is 9.13. The summed E-state index contributed by atoms with van der Waals surface area (Å²) in [6.07, 6.45) is 2.52. The van der Waals surface area contributed by atoms with Crippen molar-refractivity contribution in [3.05, 3.63) is 35.5 Å². The van der Waals surface area contributed by atoms with Gasteiger partial charge in [-0.25, -0.2) is 4.79 Å². The van der Waals surface area contributed by atoms with Gasteiger partial charge in [-0.15, -0.1) is 0 Å². The van der Waals surface area contributed by atoms with E-state index in [1.807, 2.05) is 37.4 Å². The lowest BCUT2D eigenvalue weighted by molar-refractivity contribution is -0.127. The van der Waals surface area contributed by atoms with Crippen molar-refractivity contribution in [2.75, 3.05) is 18.6 Å². The number of rotatable bonds is 6. The Morgan fingerprint density at radius 2 is 2.04 bits per heavy atom. The van der Waals surface area contributed by atoms with Crippen LogP contribution in [0, 0.1) is 6.92 Å². The van der Waals surface area contributed by atoms with E-state index in [0.29, 0.717) is 12.0 Å². The van der Waals surface area contributed by atoms with Gasteiger partial charge in [0.05, 0.1) is 6.54 Å². The largest absolute Gasteiger partial charge is 0.358 e. The Hall–Kier alpha value is -2.28. The van der Waals surface area contributed by atoms with Crippen molar-refractivity contribution in [2.45, 2.75) is 19.4 Å². The predicted octanol–water partition coefficient (Wildman–Crippen LogP) is 2.33. The van der Waals surface area contributed by atoms with Crippen LogP contribution in [0.5, 0.6) is 0 Å². The van der Waals surface area contributed by atoms with Gasteiger partial charge < -0.3 is 10.3 Å². The highest BCUT2D eigenvalue weighted by Gasteiger charge is 2.38. The predicted molar refractivity (Wildman–Crippen MR) is 94.4 cm³/mol. The van der Waals surface area contributed by atoms with E-state index in [1.54, 1.807) is 11.8 Å². The molecule has 1 aliphatic rings. The molecule has 2 heterocycles. The molecule has 1 fully saturated rings. The van der Waals surface area contributed by atoms with E-state index in [2.05, 4.69) is 10.3 Å². The molecule has 1 saturated heterocycles. The maximum Gasteiger partial charge on any atom is 0.325 e. The van der Waals surface area contributed by atoms with Gasteiger partial charge in [0, 0.05) is 22.2 Å². The summed E-state index contributed by atoms with van der Waals surface area (Å²) >= 11 is 1.62. The van der Waals surface area contributed by atoms with Crippen LogP contribution in [0.15, 0.2) is 24.3 Å². The van der Waals surface area contributed by atoms with Crippen molar-refractivity contribution in [2.24, 2.45) is 0 Å². The number of urea groups is 1. The van der Waals surface area contributed by atoms with Gasteiger partial charge in [0.25, 0.3) is 5.91 Å². The first-order valence-electron chi connectivity index (χ1n) is 7.74. The molecule has 7 heteroatoms. The van der Waals surface area contributed by atoms with Crippen LogP contribution >= 0.6 is 11.8 Å². The summed E-state index contributed by atoms with van der Waals surface area (Å²) in [5.74, 6) is 0.221. The summed E-state index contributed by atoms with van der Waals surface area (Å²) in [4.78, 5) is 41.3. The van der Waals surface area contributed by atoms with Crippen molar-refractivity contribution in [1.82, 2.24) is 15.2 Å². The van der Waals surface area contributed by atoms with E-state index in [0.717, 1.165) is 27.2 Å². The van der Waals surface area contributed by atoms with Crippen molar-refractivity contribution in [1.29, 1.82) is 0 Å². The fourth-order valence-corrected chi connectivity index (χ4v) is 3.49. The molecule has 2 N–H and O–H groups in total. The Morgan fingerprint density at radius 1 is 1.29 bits per heavy atom. The van der Waals surface area contributed by atoms with Gasteiger partial charge in [0.1, 0.15) is 6.04 Å². The second-order valence-corrected chi connectivity index (χ2v) is 6.79. The highest BCUT2D eigenvalue weighted by Crippen LogP contribution is 2.23. The van der Waals surface area contributed by atoms with Gasteiger partial charge in [-0.3, -0.25) is 14.5 Å². The highest BCUT2D eigenvalue weighted by atomic mass is 32.2. The minimum Gasteiger partial charge on any atom is -0.358 e. The summed E-state index contributed by atoms with van der Waals surface area (Å²) < 4.78 is 0. The molecule has 0 radical (unpaired) electrons. The summed E-state index contributed by atoms with van der Waals surface area (Å²) in [6.45, 7) is 1.59. The molecule has 0 unspecified atom stereocenters. The minimum atomic E-state index is -0.526. The first-order chi connectivity index (χ1) is 11.5. The molecule has 126 valence electrons. The van der Waals surface area contributed by atoms with Crippen LogP contribution in [-0.4, -0.2) is 52.2 Å². The number of nitrogens with zero attached hydrogens (tertiary/aromatic N) is 1. The van der Waals surface area contributed by atoms with Gasteiger partial charge in [0.2, 0.25) is 0 Å². The lowest BCUT2D eigenvalue weighted by Crippen LogP contribution is -2.36. The van der Waals surface area contributed by atoms with E-state index in [9.17, 15) is 14.4 Å². The molecule has 1 aliphatic heterocycles. The number of H-pyrrole nitrogens is 1. The zero-order valence-electron chi connectivity index (χ0n) is 13.6. The second kappa shape index (κ2) is 6.68. The number of thioether (sulfide) groups is 1. The number of Topliss-reactive ketones (excluding diaryl/α,β-unsaturated/α-hetero) is 1. The normalized spacial score (nSPS) is 17.6. The molecule has 0 aliphatic carbocycles. The van der Waals surface area contributed by atoms with Gasteiger partial charge >= 0.3 is 6.03 Å². The molecule has 0 spiro atoms. The molecule has 1 aromatic carbocycles. The number of nitrogens with one attached hydrogen (secondary N) is 2. The molecule has 2 aromatic rings. The third-order valence-corrected chi connectivity index (χ3v) is 4.84. The third kappa shape index (κ3) is 2.91. The first kappa shape index (κ1) is 16.6. The number of carbonyl (C=O) groups excluding carboxylic acids is 3. The lowest BCUT2D eigenvalue weighted by atomic mass is 10.1. The molecule has 24 heavy (non-hydrogen) atoms. The van der Waals surface area contributed by atoms with Crippen LogP contribution in [0.25, 0.3) is 10.9 Å². The van der Waals surface area contributed by atoms with Gasteiger partial charge in [0.15, 0.2) is 5.78 Å². The average molecular weight is 345 g/mol. The van der Waals surface area contributed by atoms with Crippen LogP contribution in [0.1, 0.15) is 22.5 Å². The van der Waals surface area contributed by atoms with Crippen molar-refractivity contribution < 1.29 is 14.4 Å². The molecule has 3 rings (SSSR count). The van der Waals surface area contributed by atoms with Gasteiger partial charge in [-0.1, -0.05) is 18.2 Å². The fourth-order valence-electron chi connectivity index (χ4n) is 3.02. The lowest BCUT2D eigenvalue weighted by Gasteiger charge is -2.12. The van der Waals surface area contributed by atoms with Crippen molar-refractivity contribution in [3.8, 4) is 0 Å².